The number of pyridine rings is 1. The van der Waals surface area contributed by atoms with E-state index in [0.29, 0.717) is 25.9 Å². The number of ether oxygens (including phenoxy) is 2. The van der Waals surface area contributed by atoms with Gasteiger partial charge in [-0.2, -0.15) is 0 Å². The van der Waals surface area contributed by atoms with Crippen LogP contribution in [0.4, 0.5) is 4.79 Å². The van der Waals surface area contributed by atoms with Crippen molar-refractivity contribution in [1.82, 2.24) is 15.2 Å². The van der Waals surface area contributed by atoms with Gasteiger partial charge in [-0.15, -0.1) is 4.99 Å². The molecule has 186 valence electrons. The van der Waals surface area contributed by atoms with E-state index in [1.165, 1.54) is 4.90 Å². The van der Waals surface area contributed by atoms with Crippen molar-refractivity contribution < 1.29 is 23.9 Å². The van der Waals surface area contributed by atoms with Gasteiger partial charge in [-0.1, -0.05) is 19.9 Å². The minimum atomic E-state index is -0.779. The molecule has 1 aromatic rings. The molecule has 1 saturated heterocycles. The van der Waals surface area contributed by atoms with Crippen LogP contribution in [-0.2, 0) is 19.1 Å². The fourth-order valence-corrected chi connectivity index (χ4v) is 4.47. The molecule has 0 unspecified atom stereocenters. The van der Waals surface area contributed by atoms with Gasteiger partial charge < -0.3 is 14.8 Å². The summed E-state index contributed by atoms with van der Waals surface area (Å²) in [4.78, 5) is 48.8. The van der Waals surface area contributed by atoms with Crippen molar-refractivity contribution in [1.29, 1.82) is 0 Å². The number of amides is 2. The molecule has 1 saturated carbocycles. The Morgan fingerprint density at radius 1 is 1.29 bits per heavy atom. The Hall–Kier alpha value is -2.97. The minimum Gasteiger partial charge on any atom is -0.466 e. The van der Waals surface area contributed by atoms with Crippen molar-refractivity contribution in [3.05, 3.63) is 30.1 Å². The Labute approximate surface area is 201 Å². The maximum Gasteiger partial charge on any atom is 0.437 e. The summed E-state index contributed by atoms with van der Waals surface area (Å²) in [5.41, 5.74) is -0.476. The lowest BCUT2D eigenvalue weighted by atomic mass is 9.85. The highest BCUT2D eigenvalue weighted by molar-refractivity contribution is 6.04. The highest BCUT2D eigenvalue weighted by atomic mass is 16.6. The summed E-state index contributed by atoms with van der Waals surface area (Å²) >= 11 is 0. The zero-order valence-electron chi connectivity index (χ0n) is 21.0. The first kappa shape index (κ1) is 25.6. The quantitative estimate of drug-likeness (QED) is 0.597. The zero-order chi connectivity index (χ0) is 25.1. The van der Waals surface area contributed by atoms with Gasteiger partial charge >= 0.3 is 12.1 Å². The molecule has 3 atom stereocenters. The molecule has 2 heterocycles. The molecule has 1 N–H and O–H groups in total. The van der Waals surface area contributed by atoms with Crippen molar-refractivity contribution in [2.24, 2.45) is 16.8 Å². The first-order chi connectivity index (χ1) is 16.0. The van der Waals surface area contributed by atoms with Crippen molar-refractivity contribution in [3.63, 3.8) is 0 Å². The van der Waals surface area contributed by atoms with Crippen LogP contribution < -0.4 is 5.32 Å². The lowest BCUT2D eigenvalue weighted by Gasteiger charge is -2.45. The van der Waals surface area contributed by atoms with E-state index in [1.54, 1.807) is 46.2 Å². The highest BCUT2D eigenvalue weighted by Crippen LogP contribution is 2.51. The van der Waals surface area contributed by atoms with Crippen LogP contribution in [0.25, 0.3) is 0 Å². The van der Waals surface area contributed by atoms with E-state index >= 15 is 0 Å². The number of aliphatic imine (C=N–C) groups is 1. The minimum absolute atomic E-state index is 0.151. The molecule has 1 aromatic heterocycles. The van der Waals surface area contributed by atoms with E-state index in [-0.39, 0.29) is 36.1 Å². The molecule has 3 rings (SSSR count). The number of nitrogens with zero attached hydrogens (tertiary/aromatic N) is 3. The van der Waals surface area contributed by atoms with E-state index in [0.717, 1.165) is 5.56 Å². The van der Waals surface area contributed by atoms with Gasteiger partial charge in [-0.05, 0) is 64.5 Å². The predicted molar refractivity (Wildman–Crippen MR) is 127 cm³/mol. The van der Waals surface area contributed by atoms with E-state index in [1.807, 2.05) is 19.9 Å². The van der Waals surface area contributed by atoms with Crippen LogP contribution in [0, 0.1) is 11.8 Å². The molecule has 1 aliphatic carbocycles. The summed E-state index contributed by atoms with van der Waals surface area (Å²) in [6.07, 6.45) is 4.76. The third-order valence-corrected chi connectivity index (χ3v) is 6.45. The molecule has 2 amide bonds. The molecule has 34 heavy (non-hydrogen) atoms. The van der Waals surface area contributed by atoms with Gasteiger partial charge in [-0.3, -0.25) is 19.5 Å². The second-order valence-corrected chi connectivity index (χ2v) is 9.96. The third kappa shape index (κ3) is 5.74. The van der Waals surface area contributed by atoms with E-state index < -0.39 is 23.3 Å². The monoisotopic (exact) mass is 472 g/mol. The van der Waals surface area contributed by atoms with Crippen molar-refractivity contribution in [2.45, 2.75) is 84.4 Å². The van der Waals surface area contributed by atoms with Gasteiger partial charge in [0, 0.05) is 17.9 Å². The topological polar surface area (TPSA) is 110 Å². The summed E-state index contributed by atoms with van der Waals surface area (Å²) in [6, 6.07) is 3.15. The fourth-order valence-electron chi connectivity index (χ4n) is 4.47. The van der Waals surface area contributed by atoms with Crippen LogP contribution in [0.1, 0.15) is 78.8 Å². The van der Waals surface area contributed by atoms with Gasteiger partial charge in [0.1, 0.15) is 5.60 Å². The molecule has 0 aromatic carbocycles. The maximum absolute atomic E-state index is 13.7. The summed E-state index contributed by atoms with van der Waals surface area (Å²) in [5, 5.41) is 3.38. The number of nitrogens with one attached hydrogen (secondary N) is 1. The number of carbonyl (C=O) groups is 3. The SMILES string of the molecule is CCOC(=O)[C@H]1C[C@@H]1[C@@H](c1cccnc1)N1C(=O)CC(CC)(CC)N/C1=N\C(=O)OC(C)(C)C. The molecule has 0 radical (unpaired) electrons. The first-order valence-corrected chi connectivity index (χ1v) is 12.0. The number of carbonyl (C=O) groups excluding carboxylic acids is 3. The molecule has 0 bridgehead atoms. The molecule has 2 fully saturated rings. The van der Waals surface area contributed by atoms with Crippen molar-refractivity contribution in [3.8, 4) is 0 Å². The largest absolute Gasteiger partial charge is 0.466 e. The van der Waals surface area contributed by atoms with Gasteiger partial charge in [0.05, 0.1) is 25.0 Å². The smallest absolute Gasteiger partial charge is 0.437 e. The fraction of sp³-hybridized carbons (Fsp3) is 0.640. The average Bonchev–Trinajstić information content (AvgIpc) is 3.56. The number of guanidine groups is 1. The van der Waals surface area contributed by atoms with E-state index in [4.69, 9.17) is 9.47 Å². The number of aromatic nitrogens is 1. The third-order valence-electron chi connectivity index (χ3n) is 6.45. The predicted octanol–water partition coefficient (Wildman–Crippen LogP) is 3.99. The Bertz CT molecular complexity index is 936. The van der Waals surface area contributed by atoms with Crippen LogP contribution in [-0.4, -0.2) is 51.6 Å². The number of hydrogen-bond acceptors (Lipinski definition) is 6. The van der Waals surface area contributed by atoms with Gasteiger partial charge in [-0.25, -0.2) is 4.79 Å². The standard InChI is InChI=1S/C25H36N4O5/c1-7-25(8-2)14-19(30)29(22(28-25)27-23(32)34-24(4,5)6)20(16-11-10-12-26-15-16)17-13-18(17)21(31)33-9-3/h10-12,15,17-18,20H,7-9,13-14H2,1-6H3,(H,27,28,32)/t17-,18-,20+/m0/s1. The van der Waals surface area contributed by atoms with Crippen LogP contribution in [0.5, 0.6) is 0 Å². The van der Waals surface area contributed by atoms with E-state index in [2.05, 4.69) is 15.3 Å². The normalized spacial score (nSPS) is 23.8. The van der Waals surface area contributed by atoms with Gasteiger partial charge in [0.2, 0.25) is 11.9 Å². The van der Waals surface area contributed by atoms with Crippen LogP contribution in [0.15, 0.2) is 29.5 Å². The molecule has 9 heteroatoms. The van der Waals surface area contributed by atoms with Gasteiger partial charge in [0.25, 0.3) is 0 Å². The average molecular weight is 473 g/mol. The Kier molecular flexibility index (Phi) is 7.63. The summed E-state index contributed by atoms with van der Waals surface area (Å²) in [7, 11) is 0. The second-order valence-electron chi connectivity index (χ2n) is 9.96. The molecule has 0 spiro atoms. The summed E-state index contributed by atoms with van der Waals surface area (Å²) < 4.78 is 10.7. The lowest BCUT2D eigenvalue weighted by Crippen LogP contribution is -2.63. The molecular weight excluding hydrogens is 436 g/mol. The lowest BCUT2D eigenvalue weighted by molar-refractivity contribution is -0.145. The Balaban J connectivity index is 2.05. The number of hydrogen-bond donors (Lipinski definition) is 1. The Morgan fingerprint density at radius 3 is 2.56 bits per heavy atom. The van der Waals surface area contributed by atoms with Gasteiger partial charge in [0.15, 0.2) is 0 Å². The molecule has 1 aliphatic heterocycles. The van der Waals surface area contributed by atoms with Crippen LogP contribution in [0.2, 0.25) is 0 Å². The van der Waals surface area contributed by atoms with Crippen LogP contribution in [0.3, 0.4) is 0 Å². The summed E-state index contributed by atoms with van der Waals surface area (Å²) in [5.74, 6) is -0.787. The number of esters is 1. The Morgan fingerprint density at radius 2 is 2.00 bits per heavy atom. The number of rotatable bonds is 7. The summed E-state index contributed by atoms with van der Waals surface area (Å²) in [6.45, 7) is 11.4. The molecule has 2 aliphatic rings. The maximum atomic E-state index is 13.7. The zero-order valence-corrected chi connectivity index (χ0v) is 21.0. The second kappa shape index (κ2) is 10.1. The van der Waals surface area contributed by atoms with Crippen molar-refractivity contribution >= 4 is 23.9 Å². The van der Waals surface area contributed by atoms with Crippen molar-refractivity contribution in [2.75, 3.05) is 6.61 Å². The molecule has 9 nitrogen and oxygen atoms in total. The first-order valence-electron chi connectivity index (χ1n) is 12.0. The van der Waals surface area contributed by atoms with E-state index in [9.17, 15) is 14.4 Å². The molecular formula is C25H36N4O5. The van der Waals surface area contributed by atoms with Crippen LogP contribution >= 0.6 is 0 Å². The highest BCUT2D eigenvalue weighted by Gasteiger charge is 2.54.